The summed E-state index contributed by atoms with van der Waals surface area (Å²) in [6.07, 6.45) is -31.4. The quantitative estimate of drug-likeness (QED) is 0.0973. The minimum Gasteiger partial charge on any atom is -0.394 e. The molecular formula is C24H42O21. The van der Waals surface area contributed by atoms with E-state index in [1.165, 1.54) is 0 Å². The number of ether oxygens (including phenoxy) is 7. The molecule has 0 spiro atoms. The van der Waals surface area contributed by atoms with E-state index in [2.05, 4.69) is 0 Å². The van der Waals surface area contributed by atoms with Gasteiger partial charge in [-0.25, -0.2) is 0 Å². The van der Waals surface area contributed by atoms with Crippen LogP contribution in [-0.4, -0.2) is 221 Å². The maximum absolute atomic E-state index is 10.5. The van der Waals surface area contributed by atoms with Gasteiger partial charge in [-0.3, -0.25) is 0 Å². The van der Waals surface area contributed by atoms with Crippen LogP contribution in [0.2, 0.25) is 0 Å². The third-order valence-corrected chi connectivity index (χ3v) is 8.26. The molecule has 0 amide bonds. The van der Waals surface area contributed by atoms with Gasteiger partial charge in [-0.2, -0.15) is 0 Å². The van der Waals surface area contributed by atoms with Gasteiger partial charge in [0.1, 0.15) is 98.2 Å². The molecule has 4 saturated heterocycles. The molecule has 4 heterocycles. The Morgan fingerprint density at radius 3 is 1.27 bits per heavy atom. The number of aliphatic hydroxyl groups excluding tert-OH is 14. The molecule has 45 heavy (non-hydrogen) atoms. The maximum Gasteiger partial charge on any atom is 0.224 e. The molecule has 0 aromatic rings. The molecular weight excluding hydrogens is 624 g/mol. The summed E-state index contributed by atoms with van der Waals surface area (Å²) in [7, 11) is 0. The number of rotatable bonds is 11. The smallest absolute Gasteiger partial charge is 0.224 e. The molecule has 21 heteroatoms. The molecule has 4 aliphatic rings. The molecule has 0 aromatic heterocycles. The predicted octanol–water partition coefficient (Wildman–Crippen LogP) is -9.75. The second kappa shape index (κ2) is 15.1. The summed E-state index contributed by atoms with van der Waals surface area (Å²) >= 11 is 0. The molecule has 0 bridgehead atoms. The van der Waals surface area contributed by atoms with Crippen molar-refractivity contribution < 1.29 is 105 Å². The van der Waals surface area contributed by atoms with E-state index in [4.69, 9.17) is 33.2 Å². The summed E-state index contributed by atoms with van der Waals surface area (Å²) < 4.78 is 37.6. The van der Waals surface area contributed by atoms with Gasteiger partial charge in [0.15, 0.2) is 18.9 Å². The van der Waals surface area contributed by atoms with Crippen LogP contribution in [0.3, 0.4) is 0 Å². The van der Waals surface area contributed by atoms with Crippen LogP contribution in [0.15, 0.2) is 0 Å². The molecule has 19 atom stereocenters. The standard InChI is InChI=1S/C24H42O21/c25-1-6-10(28)14(32)17(35)21(41-6)39-3-8-11(29)15(33)18(36)22(42-8)40-4-9-12(30)16(34)19(37)23(43-9)45-24(5-27)20(38)13(31)7(2-26)44-24/h6-23,25-38H,1-5H2/t6-,7-,8-,9-,10+,11+,12-,13-,14+,15+,16+,17-,18-,19-,20+,21+,22+,23-,24-/m1/s1. The van der Waals surface area contributed by atoms with Crippen LogP contribution in [0.4, 0.5) is 0 Å². The first-order valence-electron chi connectivity index (χ1n) is 14.1. The van der Waals surface area contributed by atoms with E-state index in [0.717, 1.165) is 0 Å². The second-order valence-corrected chi connectivity index (χ2v) is 11.3. The predicted molar refractivity (Wildman–Crippen MR) is 134 cm³/mol. The molecule has 4 fully saturated rings. The van der Waals surface area contributed by atoms with Crippen molar-refractivity contribution in [2.45, 2.75) is 116 Å². The summed E-state index contributed by atoms with van der Waals surface area (Å²) in [5.74, 6) is -2.43. The lowest BCUT2D eigenvalue weighted by molar-refractivity contribution is -0.388. The van der Waals surface area contributed by atoms with Crippen molar-refractivity contribution in [2.24, 2.45) is 0 Å². The fourth-order valence-corrected chi connectivity index (χ4v) is 5.39. The molecule has 4 rings (SSSR count). The van der Waals surface area contributed by atoms with Gasteiger partial charge in [-0.05, 0) is 0 Å². The van der Waals surface area contributed by atoms with E-state index < -0.39 is 149 Å². The van der Waals surface area contributed by atoms with E-state index in [9.17, 15) is 71.5 Å². The fraction of sp³-hybridized carbons (Fsp3) is 1.00. The Kier molecular flexibility index (Phi) is 12.5. The Morgan fingerprint density at radius 1 is 0.444 bits per heavy atom. The highest BCUT2D eigenvalue weighted by molar-refractivity contribution is 4.99. The molecule has 0 aliphatic carbocycles. The highest BCUT2D eigenvalue weighted by atomic mass is 16.8. The van der Waals surface area contributed by atoms with E-state index in [0.29, 0.717) is 0 Å². The fourth-order valence-electron chi connectivity index (χ4n) is 5.39. The van der Waals surface area contributed by atoms with Gasteiger partial charge >= 0.3 is 0 Å². The van der Waals surface area contributed by atoms with Gasteiger partial charge in [0.2, 0.25) is 5.79 Å². The van der Waals surface area contributed by atoms with E-state index in [1.54, 1.807) is 0 Å². The second-order valence-electron chi connectivity index (χ2n) is 11.3. The summed E-state index contributed by atoms with van der Waals surface area (Å²) in [5, 5.41) is 141. The molecule has 0 radical (unpaired) electrons. The molecule has 14 N–H and O–H groups in total. The zero-order chi connectivity index (χ0) is 33.4. The van der Waals surface area contributed by atoms with Crippen LogP contribution in [0.25, 0.3) is 0 Å². The SMILES string of the molecule is OC[C@H]1O[C@H](OC[C@H]2O[C@H](OC[C@H]3O[C@H](O[C@@]4(CO)O[C@H](CO)[C@@H](O)[C@@H]4O)[C@H](O)[C@@H](O)[C@@H]3O)[C@H](O)[C@@H](O)[C@H]2O)[C@H](O)[C@@H](O)[C@H]1O. The Labute approximate surface area is 254 Å². The van der Waals surface area contributed by atoms with Crippen LogP contribution in [0, 0.1) is 0 Å². The zero-order valence-corrected chi connectivity index (χ0v) is 23.5. The van der Waals surface area contributed by atoms with Gasteiger partial charge in [0.05, 0.1) is 26.4 Å². The Hall–Kier alpha value is -0.840. The third-order valence-electron chi connectivity index (χ3n) is 8.26. The van der Waals surface area contributed by atoms with E-state index >= 15 is 0 Å². The molecule has 0 saturated carbocycles. The van der Waals surface area contributed by atoms with Gasteiger partial charge in [-0.15, -0.1) is 0 Å². The maximum atomic E-state index is 10.5. The molecule has 264 valence electrons. The first kappa shape index (κ1) is 37.0. The topological polar surface area (TPSA) is 348 Å². The minimum absolute atomic E-state index is 0.650. The minimum atomic E-state index is -2.43. The summed E-state index contributed by atoms with van der Waals surface area (Å²) in [6.45, 7) is -4.02. The highest BCUT2D eigenvalue weighted by Gasteiger charge is 2.58. The number of aliphatic hydroxyl groups is 14. The van der Waals surface area contributed by atoms with Crippen molar-refractivity contribution >= 4 is 0 Å². The van der Waals surface area contributed by atoms with Crippen LogP contribution in [0.1, 0.15) is 0 Å². The van der Waals surface area contributed by atoms with Crippen molar-refractivity contribution in [3.63, 3.8) is 0 Å². The lowest BCUT2D eigenvalue weighted by Crippen LogP contribution is -2.64. The Morgan fingerprint density at radius 2 is 0.844 bits per heavy atom. The van der Waals surface area contributed by atoms with Gasteiger partial charge < -0.3 is 105 Å². The van der Waals surface area contributed by atoms with Crippen molar-refractivity contribution in [1.29, 1.82) is 0 Å². The number of hydrogen-bond acceptors (Lipinski definition) is 21. The normalized spacial score (nSPS) is 52.7. The third kappa shape index (κ3) is 7.29. The largest absolute Gasteiger partial charge is 0.394 e. The van der Waals surface area contributed by atoms with E-state index in [1.807, 2.05) is 0 Å². The summed E-state index contributed by atoms with van der Waals surface area (Å²) in [4.78, 5) is 0. The summed E-state index contributed by atoms with van der Waals surface area (Å²) in [6, 6.07) is 0. The van der Waals surface area contributed by atoms with Crippen LogP contribution < -0.4 is 0 Å². The van der Waals surface area contributed by atoms with E-state index in [-0.39, 0.29) is 0 Å². The van der Waals surface area contributed by atoms with Crippen molar-refractivity contribution in [3.05, 3.63) is 0 Å². The van der Waals surface area contributed by atoms with Crippen LogP contribution in [0.5, 0.6) is 0 Å². The molecule has 4 aliphatic heterocycles. The average Bonchev–Trinajstić information content (AvgIpc) is 3.28. The lowest BCUT2D eigenvalue weighted by atomic mass is 9.98. The van der Waals surface area contributed by atoms with Gasteiger partial charge in [0, 0.05) is 0 Å². The first-order valence-corrected chi connectivity index (χ1v) is 14.1. The van der Waals surface area contributed by atoms with Gasteiger partial charge in [0.25, 0.3) is 0 Å². The van der Waals surface area contributed by atoms with Gasteiger partial charge in [-0.1, -0.05) is 0 Å². The van der Waals surface area contributed by atoms with Crippen LogP contribution >= 0.6 is 0 Å². The van der Waals surface area contributed by atoms with Crippen molar-refractivity contribution in [2.75, 3.05) is 33.0 Å². The van der Waals surface area contributed by atoms with Crippen molar-refractivity contribution in [1.82, 2.24) is 0 Å². The first-order chi connectivity index (χ1) is 21.2. The zero-order valence-electron chi connectivity index (χ0n) is 23.5. The monoisotopic (exact) mass is 666 g/mol. The molecule has 21 nitrogen and oxygen atoms in total. The molecule has 0 unspecified atom stereocenters. The highest BCUT2D eigenvalue weighted by Crippen LogP contribution is 2.36. The average molecular weight is 667 g/mol. The molecule has 0 aromatic carbocycles. The Bertz CT molecular complexity index is 931. The summed E-state index contributed by atoms with van der Waals surface area (Å²) in [5.41, 5.74) is 0. The number of hydrogen-bond donors (Lipinski definition) is 14. The Balaban J connectivity index is 1.39. The van der Waals surface area contributed by atoms with Crippen molar-refractivity contribution in [3.8, 4) is 0 Å². The lowest BCUT2D eigenvalue weighted by Gasteiger charge is -2.45. The van der Waals surface area contributed by atoms with Crippen LogP contribution in [-0.2, 0) is 33.2 Å².